The molecule has 1 aromatic rings. The molecule has 1 heterocycles. The van der Waals surface area contributed by atoms with Gasteiger partial charge in [0, 0.05) is 13.0 Å². The van der Waals surface area contributed by atoms with Crippen molar-refractivity contribution in [3.8, 4) is 5.75 Å². The van der Waals surface area contributed by atoms with Gasteiger partial charge in [0.05, 0.1) is 18.2 Å². The molecule has 1 fully saturated rings. The van der Waals surface area contributed by atoms with E-state index >= 15 is 0 Å². The Balaban J connectivity index is 1.96. The summed E-state index contributed by atoms with van der Waals surface area (Å²) in [6.45, 7) is 0.731. The highest BCUT2D eigenvalue weighted by molar-refractivity contribution is 6.32. The second-order valence-corrected chi connectivity index (χ2v) is 6.17. The van der Waals surface area contributed by atoms with Gasteiger partial charge in [-0.05, 0) is 43.4 Å². The minimum absolute atomic E-state index is 0.0863. The summed E-state index contributed by atoms with van der Waals surface area (Å²) in [4.78, 5) is 23.6. The van der Waals surface area contributed by atoms with Crippen molar-refractivity contribution >= 4 is 23.5 Å². The maximum atomic E-state index is 12.1. The molecule has 0 radical (unpaired) electrons. The van der Waals surface area contributed by atoms with Gasteiger partial charge in [0.15, 0.2) is 6.04 Å². The summed E-state index contributed by atoms with van der Waals surface area (Å²) in [7, 11) is 1.48. The van der Waals surface area contributed by atoms with Crippen LogP contribution in [0.3, 0.4) is 0 Å². The number of carbonyl (C=O) groups is 2. The van der Waals surface area contributed by atoms with E-state index in [0.29, 0.717) is 22.8 Å². The Morgan fingerprint density at radius 3 is 2.83 bits per heavy atom. The number of aliphatic carboxylic acids is 1. The van der Waals surface area contributed by atoms with Crippen LogP contribution in [-0.4, -0.2) is 36.8 Å². The lowest BCUT2D eigenvalue weighted by molar-refractivity contribution is -0.142. The number of nitrogens with one attached hydrogen (secondary N) is 1. The Hall–Kier alpha value is -1.79. The highest BCUT2D eigenvalue weighted by atomic mass is 35.5. The van der Waals surface area contributed by atoms with Crippen molar-refractivity contribution in [3.05, 3.63) is 28.8 Å². The number of carboxylic acid groups (broad SMARTS) is 1. The minimum atomic E-state index is -1.15. The van der Waals surface area contributed by atoms with Gasteiger partial charge in [-0.15, -0.1) is 0 Å². The van der Waals surface area contributed by atoms with Crippen molar-refractivity contribution in [2.24, 2.45) is 0 Å². The van der Waals surface area contributed by atoms with Crippen LogP contribution in [0.25, 0.3) is 0 Å². The number of methoxy groups -OCH3 is 1. The highest BCUT2D eigenvalue weighted by Gasteiger charge is 2.24. The third kappa shape index (κ3) is 5.11. The van der Waals surface area contributed by atoms with Gasteiger partial charge < -0.3 is 19.9 Å². The molecule has 2 atom stereocenters. The van der Waals surface area contributed by atoms with Crippen molar-refractivity contribution in [2.75, 3.05) is 13.7 Å². The summed E-state index contributed by atoms with van der Waals surface area (Å²) < 4.78 is 10.6. The molecule has 1 amide bonds. The van der Waals surface area contributed by atoms with Crippen LogP contribution in [0.2, 0.25) is 5.02 Å². The van der Waals surface area contributed by atoms with Crippen molar-refractivity contribution in [1.82, 2.24) is 5.32 Å². The number of amides is 1. The summed E-state index contributed by atoms with van der Waals surface area (Å²) in [6, 6.07) is 3.50. The first kappa shape index (κ1) is 18.5. The summed E-state index contributed by atoms with van der Waals surface area (Å²) in [5.41, 5.74) is 0.399. The lowest BCUT2D eigenvalue weighted by Crippen LogP contribution is -2.34. The Labute approximate surface area is 146 Å². The van der Waals surface area contributed by atoms with Crippen LogP contribution in [0.4, 0.5) is 0 Å². The van der Waals surface area contributed by atoms with E-state index < -0.39 is 12.0 Å². The smallest absolute Gasteiger partial charge is 0.330 e. The van der Waals surface area contributed by atoms with Gasteiger partial charge in [-0.3, -0.25) is 4.79 Å². The van der Waals surface area contributed by atoms with Crippen LogP contribution in [-0.2, 0) is 14.3 Å². The number of hydrogen-bond donors (Lipinski definition) is 2. The number of benzene rings is 1. The van der Waals surface area contributed by atoms with Crippen molar-refractivity contribution in [1.29, 1.82) is 0 Å². The third-order valence-electron chi connectivity index (χ3n) is 4.03. The molecule has 2 rings (SSSR count). The lowest BCUT2D eigenvalue weighted by Gasteiger charge is -2.22. The fourth-order valence-electron chi connectivity index (χ4n) is 2.71. The summed E-state index contributed by atoms with van der Waals surface area (Å²) in [5.74, 6) is -1.01. The molecule has 7 heteroatoms. The Morgan fingerprint density at radius 2 is 2.25 bits per heavy atom. The van der Waals surface area contributed by atoms with Crippen LogP contribution in [0.1, 0.15) is 43.7 Å². The number of hydrogen-bond acceptors (Lipinski definition) is 4. The van der Waals surface area contributed by atoms with Crippen LogP contribution < -0.4 is 10.1 Å². The molecule has 0 saturated carbocycles. The van der Waals surface area contributed by atoms with E-state index in [9.17, 15) is 14.7 Å². The first-order chi connectivity index (χ1) is 11.5. The monoisotopic (exact) mass is 355 g/mol. The average molecular weight is 356 g/mol. The predicted octanol–water partition coefficient (Wildman–Crippen LogP) is 2.94. The van der Waals surface area contributed by atoms with Gasteiger partial charge in [0.1, 0.15) is 5.75 Å². The van der Waals surface area contributed by atoms with Crippen LogP contribution in [0.15, 0.2) is 18.2 Å². The zero-order chi connectivity index (χ0) is 17.5. The van der Waals surface area contributed by atoms with Gasteiger partial charge in [0.25, 0.3) is 0 Å². The summed E-state index contributed by atoms with van der Waals surface area (Å²) >= 11 is 6.03. The molecule has 1 aliphatic rings. The Kier molecular flexibility index (Phi) is 6.87. The molecule has 0 spiro atoms. The SMILES string of the molecule is COc1ccc(C(NC(=O)CCC2CCCCO2)C(=O)O)cc1Cl. The standard InChI is InChI=1S/C17H22ClNO5/c1-23-14-7-5-11(10-13(14)18)16(17(21)22)19-15(20)8-6-12-4-2-3-9-24-12/h5,7,10,12,16H,2-4,6,8-9H2,1H3,(H,19,20)(H,21,22). The molecular weight excluding hydrogens is 334 g/mol. The van der Waals surface area contributed by atoms with Crippen LogP contribution >= 0.6 is 11.6 Å². The van der Waals surface area contributed by atoms with Gasteiger partial charge >= 0.3 is 5.97 Å². The number of carboxylic acids is 1. The van der Waals surface area contributed by atoms with Crippen molar-refractivity contribution in [3.63, 3.8) is 0 Å². The van der Waals surface area contributed by atoms with Gasteiger partial charge in [-0.2, -0.15) is 0 Å². The van der Waals surface area contributed by atoms with E-state index in [4.69, 9.17) is 21.1 Å². The first-order valence-corrected chi connectivity index (χ1v) is 8.36. The maximum Gasteiger partial charge on any atom is 0.330 e. The van der Waals surface area contributed by atoms with E-state index in [2.05, 4.69) is 5.32 Å². The molecule has 0 aliphatic carbocycles. The molecule has 1 aliphatic heterocycles. The molecule has 0 aromatic heterocycles. The second kappa shape index (κ2) is 8.89. The lowest BCUT2D eigenvalue weighted by atomic mass is 10.0. The fourth-order valence-corrected chi connectivity index (χ4v) is 2.98. The molecule has 1 saturated heterocycles. The van der Waals surface area contributed by atoms with E-state index in [1.807, 2.05) is 0 Å². The van der Waals surface area contributed by atoms with E-state index in [-0.39, 0.29) is 18.4 Å². The van der Waals surface area contributed by atoms with E-state index in [0.717, 1.165) is 25.9 Å². The Bertz CT molecular complexity index is 586. The molecule has 0 bridgehead atoms. The van der Waals surface area contributed by atoms with Gasteiger partial charge in [-0.1, -0.05) is 17.7 Å². The number of rotatable bonds is 7. The molecule has 2 N–H and O–H groups in total. The van der Waals surface area contributed by atoms with Crippen LogP contribution in [0, 0.1) is 0 Å². The highest BCUT2D eigenvalue weighted by Crippen LogP contribution is 2.28. The molecule has 1 aromatic carbocycles. The molecular formula is C17H22ClNO5. The minimum Gasteiger partial charge on any atom is -0.495 e. The Morgan fingerprint density at radius 1 is 1.46 bits per heavy atom. The first-order valence-electron chi connectivity index (χ1n) is 7.98. The zero-order valence-electron chi connectivity index (χ0n) is 13.6. The maximum absolute atomic E-state index is 12.1. The summed E-state index contributed by atoms with van der Waals surface area (Å²) in [5, 5.41) is 12.2. The van der Waals surface area contributed by atoms with Gasteiger partial charge in [0.2, 0.25) is 5.91 Å². The summed E-state index contributed by atoms with van der Waals surface area (Å²) in [6.07, 6.45) is 4.03. The van der Waals surface area contributed by atoms with E-state index in [1.54, 1.807) is 12.1 Å². The van der Waals surface area contributed by atoms with Crippen molar-refractivity contribution < 1.29 is 24.2 Å². The zero-order valence-corrected chi connectivity index (χ0v) is 14.3. The second-order valence-electron chi connectivity index (χ2n) is 5.76. The number of halogens is 1. The van der Waals surface area contributed by atoms with E-state index in [1.165, 1.54) is 13.2 Å². The largest absolute Gasteiger partial charge is 0.495 e. The number of carbonyl (C=O) groups excluding carboxylic acids is 1. The predicted molar refractivity (Wildman–Crippen MR) is 89.3 cm³/mol. The molecule has 24 heavy (non-hydrogen) atoms. The normalized spacial score (nSPS) is 18.7. The average Bonchev–Trinajstić information content (AvgIpc) is 2.58. The third-order valence-corrected chi connectivity index (χ3v) is 4.32. The fraction of sp³-hybridized carbons (Fsp3) is 0.529. The molecule has 6 nitrogen and oxygen atoms in total. The van der Waals surface area contributed by atoms with Crippen LogP contribution in [0.5, 0.6) is 5.75 Å². The number of ether oxygens (including phenoxy) is 2. The molecule has 2 unspecified atom stereocenters. The quantitative estimate of drug-likeness (QED) is 0.785. The van der Waals surface area contributed by atoms with Gasteiger partial charge in [-0.25, -0.2) is 4.79 Å². The molecule has 132 valence electrons. The van der Waals surface area contributed by atoms with Crippen molar-refractivity contribution in [2.45, 2.75) is 44.2 Å². The topological polar surface area (TPSA) is 84.9 Å².